The van der Waals surface area contributed by atoms with Crippen molar-refractivity contribution in [2.75, 3.05) is 20.2 Å². The van der Waals surface area contributed by atoms with Crippen molar-refractivity contribution in [2.45, 2.75) is 44.5 Å². The molecule has 1 amide bonds. The molecule has 14 heteroatoms. The molecule has 0 saturated carbocycles. The van der Waals surface area contributed by atoms with Crippen molar-refractivity contribution in [1.82, 2.24) is 20.1 Å². The molecule has 1 unspecified atom stereocenters. The standard InChI is InChI=1S/C27H28ClF3N6O4/c1-15-35-36-24-22(23(41-26(39)27(29,30)31)25(38)33-13-5-3-4-12-32)34-21(16-6-8-17(28)9-7-16)19-14-18(40-2)10-11-20(19)37(15)24/h6-11,14,22-23H,3-5,12-13,32H2,1-2H3,(H,33,38)/t22-,23?/m1/s1. The van der Waals surface area contributed by atoms with E-state index in [0.717, 1.165) is 0 Å². The Morgan fingerprint density at radius 1 is 1.12 bits per heavy atom. The molecule has 1 aliphatic heterocycles. The Morgan fingerprint density at radius 2 is 1.85 bits per heavy atom. The van der Waals surface area contributed by atoms with Crippen molar-refractivity contribution >= 4 is 29.2 Å². The van der Waals surface area contributed by atoms with Crippen LogP contribution in [0.1, 0.15) is 48.1 Å². The number of carbonyl (C=O) groups excluding carboxylic acids is 2. The van der Waals surface area contributed by atoms with Gasteiger partial charge in [-0.05, 0) is 56.6 Å². The van der Waals surface area contributed by atoms with E-state index in [1.54, 1.807) is 54.0 Å². The molecule has 3 N–H and O–H groups in total. The number of ether oxygens (including phenoxy) is 2. The van der Waals surface area contributed by atoms with Crippen molar-refractivity contribution in [2.24, 2.45) is 10.7 Å². The molecule has 10 nitrogen and oxygen atoms in total. The summed E-state index contributed by atoms with van der Waals surface area (Å²) < 4.78 is 51.9. The van der Waals surface area contributed by atoms with Crippen molar-refractivity contribution in [3.63, 3.8) is 0 Å². The third kappa shape index (κ3) is 6.68. The summed E-state index contributed by atoms with van der Waals surface area (Å²) in [7, 11) is 1.49. The number of benzene rings is 2. The average Bonchev–Trinajstić information content (AvgIpc) is 3.25. The number of methoxy groups -OCH3 is 1. The Kier molecular flexibility index (Phi) is 9.28. The van der Waals surface area contributed by atoms with Gasteiger partial charge in [-0.3, -0.25) is 14.4 Å². The van der Waals surface area contributed by atoms with Crippen LogP contribution in [0.2, 0.25) is 5.02 Å². The number of unbranched alkanes of at least 4 members (excludes halogenated alkanes) is 2. The molecule has 0 saturated heterocycles. The number of aryl methyl sites for hydroxylation is 1. The highest BCUT2D eigenvalue weighted by atomic mass is 35.5. The Labute approximate surface area is 238 Å². The Balaban J connectivity index is 1.89. The molecule has 0 radical (unpaired) electrons. The Hall–Kier alpha value is -3.97. The van der Waals surface area contributed by atoms with Gasteiger partial charge >= 0.3 is 12.1 Å². The highest BCUT2D eigenvalue weighted by molar-refractivity contribution is 6.30. The second kappa shape index (κ2) is 12.7. The molecule has 41 heavy (non-hydrogen) atoms. The molecule has 2 aromatic carbocycles. The number of nitrogens with one attached hydrogen (secondary N) is 1. The van der Waals surface area contributed by atoms with Gasteiger partial charge in [0.05, 0.1) is 18.5 Å². The van der Waals surface area contributed by atoms with E-state index < -0.39 is 30.2 Å². The number of esters is 1. The normalized spacial score (nSPS) is 15.2. The first-order valence-electron chi connectivity index (χ1n) is 12.7. The third-order valence-corrected chi connectivity index (χ3v) is 6.64. The third-order valence-electron chi connectivity index (χ3n) is 6.39. The van der Waals surface area contributed by atoms with E-state index in [1.807, 2.05) is 0 Å². The van der Waals surface area contributed by atoms with Gasteiger partial charge < -0.3 is 20.5 Å². The summed E-state index contributed by atoms with van der Waals surface area (Å²) in [5, 5.41) is 11.3. The van der Waals surface area contributed by atoms with E-state index in [4.69, 9.17) is 31.8 Å². The minimum atomic E-state index is -5.35. The summed E-state index contributed by atoms with van der Waals surface area (Å²) in [5.41, 5.74) is 7.37. The number of halogens is 4. The summed E-state index contributed by atoms with van der Waals surface area (Å²) >= 11 is 6.10. The first-order valence-corrected chi connectivity index (χ1v) is 13.1. The molecule has 218 valence electrons. The molecule has 0 fully saturated rings. The van der Waals surface area contributed by atoms with Crippen molar-refractivity contribution < 1.29 is 32.2 Å². The SMILES string of the molecule is COc1ccc2c(c1)C(c1ccc(Cl)cc1)=N[C@H](C(OC(=O)C(F)(F)F)C(=O)NCCCCCN)c1nnc(C)n1-2. The maximum Gasteiger partial charge on any atom is 0.490 e. The van der Waals surface area contributed by atoms with Crippen LogP contribution in [0.3, 0.4) is 0 Å². The number of nitrogens with zero attached hydrogens (tertiary/aromatic N) is 4. The lowest BCUT2D eigenvalue weighted by molar-refractivity contribution is -0.206. The van der Waals surface area contributed by atoms with Crippen LogP contribution in [-0.2, 0) is 14.3 Å². The van der Waals surface area contributed by atoms with Crippen molar-refractivity contribution in [3.8, 4) is 11.4 Å². The smallest absolute Gasteiger partial charge is 0.490 e. The molecule has 1 aromatic heterocycles. The van der Waals surface area contributed by atoms with Gasteiger partial charge in [0.1, 0.15) is 11.6 Å². The monoisotopic (exact) mass is 592 g/mol. The van der Waals surface area contributed by atoms with E-state index >= 15 is 0 Å². The van der Waals surface area contributed by atoms with Crippen LogP contribution in [0.15, 0.2) is 47.5 Å². The number of rotatable bonds is 10. The fourth-order valence-electron chi connectivity index (χ4n) is 4.40. The van der Waals surface area contributed by atoms with E-state index in [-0.39, 0.29) is 18.1 Å². The van der Waals surface area contributed by atoms with Gasteiger partial charge in [-0.1, -0.05) is 30.2 Å². The number of aliphatic imine (C=N–C) groups is 1. The number of alkyl halides is 3. The van der Waals surface area contributed by atoms with Gasteiger partial charge in [0.25, 0.3) is 5.91 Å². The van der Waals surface area contributed by atoms with Gasteiger partial charge in [0.15, 0.2) is 11.9 Å². The number of carbonyl (C=O) groups is 2. The number of nitrogens with two attached hydrogens (primary N) is 1. The molecule has 4 rings (SSSR count). The molecule has 0 aliphatic carbocycles. The van der Waals surface area contributed by atoms with Crippen LogP contribution < -0.4 is 15.8 Å². The van der Waals surface area contributed by atoms with Crippen LogP contribution in [0, 0.1) is 6.92 Å². The lowest BCUT2D eigenvalue weighted by atomic mass is 10.00. The minimum absolute atomic E-state index is 0.0103. The van der Waals surface area contributed by atoms with Crippen LogP contribution >= 0.6 is 11.6 Å². The average molecular weight is 593 g/mol. The highest BCUT2D eigenvalue weighted by Gasteiger charge is 2.47. The van der Waals surface area contributed by atoms with E-state index in [1.165, 1.54) is 7.11 Å². The van der Waals surface area contributed by atoms with E-state index in [9.17, 15) is 22.8 Å². The summed E-state index contributed by atoms with van der Waals surface area (Å²) in [6, 6.07) is 10.2. The summed E-state index contributed by atoms with van der Waals surface area (Å²) in [6.45, 7) is 2.23. The van der Waals surface area contributed by atoms with Gasteiger partial charge in [-0.25, -0.2) is 4.79 Å². The van der Waals surface area contributed by atoms with E-state index in [0.29, 0.717) is 59.2 Å². The molecule has 0 spiro atoms. The lowest BCUT2D eigenvalue weighted by Gasteiger charge is -2.23. The number of hydrogen-bond donors (Lipinski definition) is 2. The highest BCUT2D eigenvalue weighted by Crippen LogP contribution is 2.36. The first-order chi connectivity index (χ1) is 19.5. The number of aromatic nitrogens is 3. The fourth-order valence-corrected chi connectivity index (χ4v) is 4.53. The summed E-state index contributed by atoms with van der Waals surface area (Å²) in [4.78, 5) is 30.2. The predicted octanol–water partition coefficient (Wildman–Crippen LogP) is 3.85. The zero-order chi connectivity index (χ0) is 29.7. The second-order valence-corrected chi connectivity index (χ2v) is 9.65. The summed E-state index contributed by atoms with van der Waals surface area (Å²) in [5.74, 6) is -2.64. The first kappa shape index (κ1) is 30.0. The zero-order valence-electron chi connectivity index (χ0n) is 22.2. The van der Waals surface area contributed by atoms with Crippen molar-refractivity contribution in [3.05, 3.63) is 70.3 Å². The van der Waals surface area contributed by atoms with Crippen LogP contribution in [0.4, 0.5) is 13.2 Å². The molecular weight excluding hydrogens is 565 g/mol. The topological polar surface area (TPSA) is 134 Å². The molecule has 0 bridgehead atoms. The number of hydrogen-bond acceptors (Lipinski definition) is 8. The number of fused-ring (bicyclic) bond motifs is 3. The molecular formula is C27H28ClF3N6O4. The van der Waals surface area contributed by atoms with Crippen LogP contribution in [0.5, 0.6) is 5.75 Å². The van der Waals surface area contributed by atoms with Gasteiger partial charge in [0.2, 0.25) is 6.10 Å². The van der Waals surface area contributed by atoms with Gasteiger partial charge in [0, 0.05) is 22.7 Å². The largest absolute Gasteiger partial charge is 0.497 e. The second-order valence-electron chi connectivity index (χ2n) is 9.22. The van der Waals surface area contributed by atoms with Crippen LogP contribution in [0.25, 0.3) is 5.69 Å². The Bertz CT molecular complexity index is 1440. The quantitative estimate of drug-likeness (QED) is 0.270. The fraction of sp³-hybridized carbons (Fsp3) is 0.370. The van der Waals surface area contributed by atoms with Crippen molar-refractivity contribution in [1.29, 1.82) is 0 Å². The maximum atomic E-state index is 13.4. The maximum absolute atomic E-state index is 13.4. The summed E-state index contributed by atoms with van der Waals surface area (Å²) in [6.07, 6.45) is -5.46. The predicted molar refractivity (Wildman–Crippen MR) is 144 cm³/mol. The molecule has 2 heterocycles. The zero-order valence-corrected chi connectivity index (χ0v) is 23.0. The Morgan fingerprint density at radius 3 is 2.51 bits per heavy atom. The van der Waals surface area contributed by atoms with Crippen LogP contribution in [-0.4, -0.2) is 64.8 Å². The molecule has 1 aliphatic rings. The molecule has 3 aromatic rings. The lowest BCUT2D eigenvalue weighted by Crippen LogP contribution is -2.44. The number of amides is 1. The molecule has 2 atom stereocenters. The van der Waals surface area contributed by atoms with E-state index in [2.05, 4.69) is 15.5 Å². The minimum Gasteiger partial charge on any atom is -0.497 e. The van der Waals surface area contributed by atoms with Gasteiger partial charge in [-0.2, -0.15) is 13.2 Å². The van der Waals surface area contributed by atoms with Gasteiger partial charge in [-0.15, -0.1) is 10.2 Å².